The first-order valence-corrected chi connectivity index (χ1v) is 7.63. The highest BCUT2D eigenvalue weighted by Crippen LogP contribution is 2.25. The number of aryl methyl sites for hydroxylation is 3. The highest BCUT2D eigenvalue weighted by Gasteiger charge is 2.18. The van der Waals surface area contributed by atoms with E-state index in [9.17, 15) is 0 Å². The van der Waals surface area contributed by atoms with Gasteiger partial charge in [0.15, 0.2) is 5.65 Å². The van der Waals surface area contributed by atoms with Crippen LogP contribution in [0.5, 0.6) is 0 Å². The minimum Gasteiger partial charge on any atom is -0.363 e. The highest BCUT2D eigenvalue weighted by molar-refractivity contribution is 5.50. The van der Waals surface area contributed by atoms with Crippen LogP contribution in [0.4, 0.5) is 5.82 Å². The maximum Gasteiger partial charge on any atom is 0.157 e. The molecule has 6 nitrogen and oxygen atoms in total. The van der Waals surface area contributed by atoms with E-state index < -0.39 is 0 Å². The predicted molar refractivity (Wildman–Crippen MR) is 87.1 cm³/mol. The summed E-state index contributed by atoms with van der Waals surface area (Å²) in [7, 11) is 0. The van der Waals surface area contributed by atoms with Crippen molar-refractivity contribution in [1.29, 1.82) is 0 Å². The van der Waals surface area contributed by atoms with E-state index in [1.54, 1.807) is 6.20 Å². The zero-order valence-corrected chi connectivity index (χ0v) is 13.8. The van der Waals surface area contributed by atoms with Gasteiger partial charge in [-0.3, -0.25) is 4.68 Å². The molecular weight excluding hydrogens is 276 g/mol. The number of anilines is 1. The number of nitrogens with one attached hydrogen (secondary N) is 1. The molecule has 0 unspecified atom stereocenters. The lowest BCUT2D eigenvalue weighted by Gasteiger charge is -2.17. The third-order valence-electron chi connectivity index (χ3n) is 4.02. The van der Waals surface area contributed by atoms with E-state index in [2.05, 4.69) is 48.2 Å². The van der Waals surface area contributed by atoms with Crippen LogP contribution in [-0.4, -0.2) is 24.4 Å². The molecular formula is C16H22N6. The minimum atomic E-state index is 0.148. The summed E-state index contributed by atoms with van der Waals surface area (Å²) in [6.45, 7) is 11.3. The van der Waals surface area contributed by atoms with Crippen LogP contribution in [-0.2, 0) is 6.54 Å². The van der Waals surface area contributed by atoms with Crippen LogP contribution in [0.25, 0.3) is 5.65 Å². The maximum absolute atomic E-state index is 4.60. The Kier molecular flexibility index (Phi) is 3.60. The van der Waals surface area contributed by atoms with Crippen molar-refractivity contribution in [3.63, 3.8) is 0 Å². The fourth-order valence-electron chi connectivity index (χ4n) is 3.08. The Balaban J connectivity index is 1.98. The normalized spacial score (nSPS) is 12.8. The fourth-order valence-corrected chi connectivity index (χ4v) is 3.08. The van der Waals surface area contributed by atoms with Crippen molar-refractivity contribution < 1.29 is 0 Å². The lowest BCUT2D eigenvalue weighted by atomic mass is 10.1. The predicted octanol–water partition coefficient (Wildman–Crippen LogP) is 3.04. The topological polar surface area (TPSA) is 60.0 Å². The second kappa shape index (κ2) is 5.44. The van der Waals surface area contributed by atoms with E-state index in [1.165, 1.54) is 11.3 Å². The van der Waals surface area contributed by atoms with Gasteiger partial charge >= 0.3 is 0 Å². The number of hydrogen-bond donors (Lipinski definition) is 1. The Morgan fingerprint density at radius 2 is 2.05 bits per heavy atom. The van der Waals surface area contributed by atoms with Crippen LogP contribution >= 0.6 is 0 Å². The average Bonchev–Trinajstić information content (AvgIpc) is 3.03. The molecule has 3 aromatic rings. The van der Waals surface area contributed by atoms with Gasteiger partial charge in [-0.2, -0.15) is 14.7 Å². The monoisotopic (exact) mass is 298 g/mol. The first-order chi connectivity index (χ1) is 10.5. The molecule has 6 heteroatoms. The molecule has 0 aliphatic carbocycles. The molecule has 0 amide bonds. The number of aromatic nitrogens is 5. The molecule has 0 saturated heterocycles. The van der Waals surface area contributed by atoms with Crippen molar-refractivity contribution in [2.45, 2.75) is 47.2 Å². The molecule has 0 aliphatic heterocycles. The van der Waals surface area contributed by atoms with E-state index in [0.29, 0.717) is 0 Å². The number of rotatable bonds is 4. The highest BCUT2D eigenvalue weighted by atomic mass is 15.3. The van der Waals surface area contributed by atoms with Gasteiger partial charge in [0.25, 0.3) is 0 Å². The largest absolute Gasteiger partial charge is 0.363 e. The smallest absolute Gasteiger partial charge is 0.157 e. The van der Waals surface area contributed by atoms with Crippen molar-refractivity contribution in [3.05, 3.63) is 41.0 Å². The molecule has 0 aromatic carbocycles. The molecule has 0 saturated carbocycles. The van der Waals surface area contributed by atoms with Crippen LogP contribution < -0.4 is 5.32 Å². The van der Waals surface area contributed by atoms with Crippen molar-refractivity contribution >= 4 is 11.5 Å². The number of nitrogens with zero attached hydrogens (tertiary/aromatic N) is 5. The van der Waals surface area contributed by atoms with E-state index in [4.69, 9.17) is 0 Å². The number of hydrogen-bond acceptors (Lipinski definition) is 4. The van der Waals surface area contributed by atoms with Crippen molar-refractivity contribution in [1.82, 2.24) is 24.4 Å². The summed E-state index contributed by atoms with van der Waals surface area (Å²) in [4.78, 5) is 4.47. The lowest BCUT2D eigenvalue weighted by molar-refractivity contribution is 0.632. The molecule has 0 bridgehead atoms. The number of fused-ring (bicyclic) bond motifs is 1. The molecule has 22 heavy (non-hydrogen) atoms. The SMILES string of the molecule is CCn1nc(C)c([C@H](C)Nc2cc(C)nc3ccnn23)c1C. The third-order valence-corrected chi connectivity index (χ3v) is 4.02. The van der Waals surface area contributed by atoms with E-state index >= 15 is 0 Å². The van der Waals surface area contributed by atoms with Gasteiger partial charge in [-0.05, 0) is 34.6 Å². The second-order valence-electron chi connectivity index (χ2n) is 5.65. The Morgan fingerprint density at radius 3 is 2.73 bits per heavy atom. The minimum absolute atomic E-state index is 0.148. The maximum atomic E-state index is 4.60. The Hall–Kier alpha value is -2.37. The zero-order chi connectivity index (χ0) is 15.9. The first-order valence-electron chi connectivity index (χ1n) is 7.63. The molecule has 1 N–H and O–H groups in total. The molecule has 0 fully saturated rings. The quantitative estimate of drug-likeness (QED) is 0.804. The van der Waals surface area contributed by atoms with E-state index in [-0.39, 0.29) is 6.04 Å². The van der Waals surface area contributed by atoms with Gasteiger partial charge in [0.2, 0.25) is 0 Å². The summed E-state index contributed by atoms with van der Waals surface area (Å²) in [5.41, 5.74) is 5.36. The van der Waals surface area contributed by atoms with Gasteiger partial charge in [-0.25, -0.2) is 4.98 Å². The van der Waals surface area contributed by atoms with Crippen LogP contribution in [0.1, 0.15) is 42.5 Å². The first kappa shape index (κ1) is 14.6. The molecule has 116 valence electrons. The van der Waals surface area contributed by atoms with Gasteiger partial charge < -0.3 is 5.32 Å². The van der Waals surface area contributed by atoms with Crippen LogP contribution in [0, 0.1) is 20.8 Å². The van der Waals surface area contributed by atoms with Gasteiger partial charge in [0, 0.05) is 35.6 Å². The molecule has 3 rings (SSSR count). The molecule has 0 radical (unpaired) electrons. The molecule has 3 heterocycles. The summed E-state index contributed by atoms with van der Waals surface area (Å²) >= 11 is 0. The third kappa shape index (κ3) is 2.34. The molecule has 3 aromatic heterocycles. The lowest BCUT2D eigenvalue weighted by Crippen LogP contribution is -2.13. The van der Waals surface area contributed by atoms with Crippen LogP contribution in [0.2, 0.25) is 0 Å². The van der Waals surface area contributed by atoms with Gasteiger partial charge in [0.1, 0.15) is 5.82 Å². The van der Waals surface area contributed by atoms with Gasteiger partial charge in [-0.15, -0.1) is 0 Å². The zero-order valence-electron chi connectivity index (χ0n) is 13.8. The molecule has 0 spiro atoms. The van der Waals surface area contributed by atoms with Gasteiger partial charge in [-0.1, -0.05) is 0 Å². The van der Waals surface area contributed by atoms with Crippen molar-refractivity contribution in [3.8, 4) is 0 Å². The van der Waals surface area contributed by atoms with Gasteiger partial charge in [0.05, 0.1) is 17.9 Å². The summed E-state index contributed by atoms with van der Waals surface area (Å²) in [5, 5.41) is 12.5. The summed E-state index contributed by atoms with van der Waals surface area (Å²) in [5.74, 6) is 0.947. The van der Waals surface area contributed by atoms with Crippen LogP contribution in [0.3, 0.4) is 0 Å². The van der Waals surface area contributed by atoms with Crippen molar-refractivity contribution in [2.24, 2.45) is 0 Å². The second-order valence-corrected chi connectivity index (χ2v) is 5.65. The standard InChI is InChI=1S/C16H22N6/c1-6-21-13(5)16(12(4)20-21)11(3)19-15-9-10(2)18-14-7-8-17-22(14)15/h7-9,11,19H,6H2,1-5H3/t11-/m0/s1. The Labute approximate surface area is 130 Å². The van der Waals surface area contributed by atoms with Crippen LogP contribution in [0.15, 0.2) is 18.3 Å². The van der Waals surface area contributed by atoms with Crippen molar-refractivity contribution in [2.75, 3.05) is 5.32 Å². The average molecular weight is 298 g/mol. The molecule has 1 atom stereocenters. The summed E-state index contributed by atoms with van der Waals surface area (Å²) in [6, 6.07) is 4.08. The molecule has 0 aliphatic rings. The summed E-state index contributed by atoms with van der Waals surface area (Å²) < 4.78 is 3.88. The summed E-state index contributed by atoms with van der Waals surface area (Å²) in [6.07, 6.45) is 1.77. The fraction of sp³-hybridized carbons (Fsp3) is 0.438. The Bertz CT molecular complexity index is 814. The Morgan fingerprint density at radius 1 is 1.27 bits per heavy atom. The van der Waals surface area contributed by atoms with E-state index in [1.807, 2.05) is 28.3 Å². The van der Waals surface area contributed by atoms with E-state index in [0.717, 1.165) is 29.4 Å².